The van der Waals surface area contributed by atoms with Gasteiger partial charge in [-0.05, 0) is 111 Å². The Balaban J connectivity index is 1.02. The van der Waals surface area contributed by atoms with Crippen molar-refractivity contribution in [1.82, 2.24) is 33.9 Å². The first-order valence-electron chi connectivity index (χ1n) is 20.5. The van der Waals surface area contributed by atoms with E-state index in [-0.39, 0.29) is 34.7 Å². The van der Waals surface area contributed by atoms with Crippen LogP contribution in [0.15, 0.2) is 88.5 Å². The van der Waals surface area contributed by atoms with Gasteiger partial charge in [0.15, 0.2) is 15.7 Å². The molecule has 0 spiro atoms. The fraction of sp³-hybridized carbons (Fsp3) is 0.386. The minimum atomic E-state index is -4.00. The Labute approximate surface area is 354 Å². The van der Waals surface area contributed by atoms with Crippen LogP contribution in [-0.2, 0) is 22.9 Å². The maximum absolute atomic E-state index is 14.6. The van der Waals surface area contributed by atoms with E-state index < -0.39 is 32.6 Å². The highest BCUT2D eigenvalue weighted by molar-refractivity contribution is 9.10. The second-order valence-corrected chi connectivity index (χ2v) is 19.9. The molecular formula is C44H44BrFN8O5S. The van der Waals surface area contributed by atoms with Crippen LogP contribution in [0.2, 0.25) is 0 Å². The Bertz CT molecular complexity index is 2800. The molecule has 0 radical (unpaired) electrons. The van der Waals surface area contributed by atoms with E-state index in [0.717, 1.165) is 51.9 Å². The number of imidazole rings is 1. The van der Waals surface area contributed by atoms with Gasteiger partial charge in [-0.2, -0.15) is 4.39 Å². The molecule has 2 amide bonds. The first kappa shape index (κ1) is 39.0. The number of pyridine rings is 2. The van der Waals surface area contributed by atoms with E-state index in [1.807, 2.05) is 6.07 Å². The third-order valence-electron chi connectivity index (χ3n) is 13.2. The van der Waals surface area contributed by atoms with Crippen LogP contribution < -0.4 is 10.5 Å². The average Bonchev–Trinajstić information content (AvgIpc) is 3.66. The summed E-state index contributed by atoms with van der Waals surface area (Å²) in [5.41, 5.74) is 10.7. The highest BCUT2D eigenvalue weighted by Crippen LogP contribution is 2.50. The molecule has 6 aromatic rings. The van der Waals surface area contributed by atoms with Crippen LogP contribution in [0, 0.1) is 23.7 Å². The van der Waals surface area contributed by atoms with Crippen LogP contribution >= 0.6 is 15.9 Å². The SMILES string of the molecule is COc1cc(C(=O)N2CC3CCC2C3(N)S(=O)(=O)c2ccc(Br)cc2)cc2nc(-c3cc4cccnc4n3CC3CC3)n(CC3CCN(C(=O)c4ccnc(F)c4)CC3)c12. The summed E-state index contributed by atoms with van der Waals surface area (Å²) in [6.45, 7) is 2.61. The van der Waals surface area contributed by atoms with Crippen LogP contribution in [0.1, 0.15) is 59.2 Å². The molecule has 4 fully saturated rings. The molecule has 4 aliphatic rings. The average molecular weight is 896 g/mol. The molecule has 6 heterocycles. The molecule has 3 unspecified atom stereocenters. The number of piperidine rings is 2. The number of likely N-dealkylation sites (tertiary alicyclic amines) is 2. The fourth-order valence-electron chi connectivity index (χ4n) is 9.88. The van der Waals surface area contributed by atoms with Gasteiger partial charge in [-0.3, -0.25) is 9.59 Å². The molecule has 310 valence electrons. The number of halogens is 2. The summed E-state index contributed by atoms with van der Waals surface area (Å²) in [5, 5.41) is 1.00. The van der Waals surface area contributed by atoms with Gasteiger partial charge < -0.3 is 29.4 Å². The third-order valence-corrected chi connectivity index (χ3v) is 16.2. The zero-order chi connectivity index (χ0) is 41.5. The van der Waals surface area contributed by atoms with E-state index in [0.29, 0.717) is 68.1 Å². The Hall–Kier alpha value is -5.19. The lowest BCUT2D eigenvalue weighted by atomic mass is 9.96. The number of hydrogen-bond donors (Lipinski definition) is 1. The normalized spacial score (nSPS) is 22.0. The Morgan fingerprint density at radius 2 is 1.63 bits per heavy atom. The van der Waals surface area contributed by atoms with E-state index in [1.54, 1.807) is 59.5 Å². The maximum atomic E-state index is 14.6. The minimum absolute atomic E-state index is 0.135. The van der Waals surface area contributed by atoms with Gasteiger partial charge in [0, 0.05) is 78.1 Å². The minimum Gasteiger partial charge on any atom is -0.494 e. The monoisotopic (exact) mass is 894 g/mol. The highest BCUT2D eigenvalue weighted by Gasteiger charge is 2.64. The van der Waals surface area contributed by atoms with Crippen LogP contribution in [0.5, 0.6) is 5.75 Å². The van der Waals surface area contributed by atoms with E-state index in [2.05, 4.69) is 42.2 Å². The van der Waals surface area contributed by atoms with Gasteiger partial charge in [0.1, 0.15) is 21.8 Å². The van der Waals surface area contributed by atoms with Crippen molar-refractivity contribution in [2.24, 2.45) is 23.5 Å². The number of aromatic nitrogens is 5. The van der Waals surface area contributed by atoms with E-state index in [1.165, 1.54) is 18.3 Å². The number of benzene rings is 2. The van der Waals surface area contributed by atoms with Crippen LogP contribution in [-0.4, -0.2) is 91.8 Å². The molecule has 2 aromatic carbocycles. The molecule has 3 atom stereocenters. The van der Waals surface area contributed by atoms with Gasteiger partial charge in [-0.25, -0.2) is 23.4 Å². The lowest BCUT2D eigenvalue weighted by molar-refractivity contribution is 0.0679. The predicted octanol–water partition coefficient (Wildman–Crippen LogP) is 6.68. The largest absolute Gasteiger partial charge is 0.494 e. The standard InChI is InChI=1S/C44H44BrFN8O5S/c1-59-36-21-30(43(56)53-25-31-6-11-37(53)44(31,47)60(57,58)33-9-7-32(45)8-10-33)19-34-39(36)54(24-27-13-17-51(18-14-27)42(55)29-12-16-48-38(46)22-29)41(50-34)35-20-28-3-2-15-49-40(28)52(35)23-26-4-5-26/h2-3,7-10,12,15-16,19-22,26-27,31,37H,4-6,11,13-14,17-18,23-25,47H2,1H3. The number of hydrogen-bond acceptors (Lipinski definition) is 9. The second kappa shape index (κ2) is 14.8. The second-order valence-electron chi connectivity index (χ2n) is 16.8. The molecule has 60 heavy (non-hydrogen) atoms. The highest BCUT2D eigenvalue weighted by atomic mass is 79.9. The lowest BCUT2D eigenvalue weighted by Gasteiger charge is -2.32. The summed E-state index contributed by atoms with van der Waals surface area (Å²) < 4.78 is 53.5. The Morgan fingerprint density at radius 3 is 2.37 bits per heavy atom. The topological polar surface area (TPSA) is 159 Å². The zero-order valence-electron chi connectivity index (χ0n) is 33.0. The molecule has 2 N–H and O–H groups in total. The number of fused-ring (bicyclic) bond motifs is 4. The van der Waals surface area contributed by atoms with Gasteiger partial charge in [0.05, 0.1) is 29.3 Å². The number of sulfone groups is 1. The summed E-state index contributed by atoms with van der Waals surface area (Å²) in [4.78, 5) is 43.5. The molecule has 10 rings (SSSR count). The summed E-state index contributed by atoms with van der Waals surface area (Å²) >= 11 is 3.39. The van der Waals surface area contributed by atoms with Gasteiger partial charge in [0.2, 0.25) is 5.95 Å². The van der Waals surface area contributed by atoms with Crippen molar-refractivity contribution in [2.45, 2.75) is 67.4 Å². The smallest absolute Gasteiger partial charge is 0.254 e. The van der Waals surface area contributed by atoms with Crippen LogP contribution in [0.4, 0.5) is 4.39 Å². The number of carbonyl (C=O) groups is 2. The van der Waals surface area contributed by atoms with E-state index >= 15 is 0 Å². The molecule has 2 bridgehead atoms. The molecule has 16 heteroatoms. The Kier molecular flexibility index (Phi) is 9.59. The first-order valence-corrected chi connectivity index (χ1v) is 22.8. The number of ether oxygens (including phenoxy) is 1. The van der Waals surface area contributed by atoms with Crippen molar-refractivity contribution in [3.05, 3.63) is 101 Å². The summed E-state index contributed by atoms with van der Waals surface area (Å²) in [5.74, 6) is 0.247. The van der Waals surface area contributed by atoms with Crippen LogP contribution in [0.3, 0.4) is 0 Å². The van der Waals surface area contributed by atoms with E-state index in [9.17, 15) is 22.4 Å². The number of methoxy groups -OCH3 is 1. The lowest BCUT2D eigenvalue weighted by Crippen LogP contribution is -2.57. The number of nitrogens with two attached hydrogens (primary N) is 1. The number of nitrogens with zero attached hydrogens (tertiary/aromatic N) is 7. The van der Waals surface area contributed by atoms with Gasteiger partial charge in [0.25, 0.3) is 11.8 Å². The van der Waals surface area contributed by atoms with Gasteiger partial charge in [-0.15, -0.1) is 0 Å². The number of amides is 2. The van der Waals surface area contributed by atoms with Crippen molar-refractivity contribution in [1.29, 1.82) is 0 Å². The molecule has 2 aliphatic carbocycles. The number of rotatable bonds is 10. The quantitative estimate of drug-likeness (QED) is 0.148. The summed E-state index contributed by atoms with van der Waals surface area (Å²) in [7, 11) is -2.43. The van der Waals surface area contributed by atoms with Crippen molar-refractivity contribution in [3.63, 3.8) is 0 Å². The summed E-state index contributed by atoms with van der Waals surface area (Å²) in [6.07, 6.45) is 7.93. The van der Waals surface area contributed by atoms with Gasteiger partial charge >= 0.3 is 0 Å². The molecular weight excluding hydrogens is 852 g/mol. The molecule has 2 aliphatic heterocycles. The van der Waals surface area contributed by atoms with Crippen molar-refractivity contribution < 1.29 is 27.1 Å². The van der Waals surface area contributed by atoms with Crippen molar-refractivity contribution in [2.75, 3.05) is 26.7 Å². The summed E-state index contributed by atoms with van der Waals surface area (Å²) in [6, 6.07) is 18.1. The Morgan fingerprint density at radius 1 is 0.883 bits per heavy atom. The van der Waals surface area contributed by atoms with Gasteiger partial charge in [-0.1, -0.05) is 15.9 Å². The maximum Gasteiger partial charge on any atom is 0.254 e. The van der Waals surface area contributed by atoms with Crippen LogP contribution in [0.25, 0.3) is 33.6 Å². The van der Waals surface area contributed by atoms with Crippen molar-refractivity contribution >= 4 is 59.6 Å². The molecule has 2 saturated carbocycles. The van der Waals surface area contributed by atoms with E-state index in [4.69, 9.17) is 20.4 Å². The molecule has 4 aromatic heterocycles. The molecule has 2 saturated heterocycles. The zero-order valence-corrected chi connectivity index (χ0v) is 35.4. The first-order chi connectivity index (χ1) is 28.9. The third kappa shape index (κ3) is 6.40. The predicted molar refractivity (Wildman–Crippen MR) is 226 cm³/mol. The van der Waals surface area contributed by atoms with Crippen molar-refractivity contribution in [3.8, 4) is 17.3 Å². The fourth-order valence-corrected chi connectivity index (χ4v) is 12.3. The molecule has 13 nitrogen and oxygen atoms in total. The number of carbonyl (C=O) groups excluding carboxylic acids is 2.